The van der Waals surface area contributed by atoms with Gasteiger partial charge in [0.15, 0.2) is 0 Å². The molecule has 0 amide bonds. The SMILES string of the molecule is CCN1CCN(CC2(C)CCNCC2)CC1C. The van der Waals surface area contributed by atoms with Crippen molar-refractivity contribution in [1.29, 1.82) is 0 Å². The summed E-state index contributed by atoms with van der Waals surface area (Å²) in [4.78, 5) is 5.30. The van der Waals surface area contributed by atoms with E-state index in [0.29, 0.717) is 5.41 Å². The quantitative estimate of drug-likeness (QED) is 0.803. The molecular formula is C14H29N3. The van der Waals surface area contributed by atoms with E-state index in [9.17, 15) is 0 Å². The number of likely N-dealkylation sites (N-methyl/N-ethyl adjacent to an activating group) is 1. The smallest absolute Gasteiger partial charge is 0.0195 e. The normalized spacial score (nSPS) is 31.6. The van der Waals surface area contributed by atoms with Crippen molar-refractivity contribution in [3.05, 3.63) is 0 Å². The summed E-state index contributed by atoms with van der Waals surface area (Å²) in [5.74, 6) is 0. The number of nitrogens with one attached hydrogen (secondary N) is 1. The van der Waals surface area contributed by atoms with Gasteiger partial charge in [-0.15, -0.1) is 0 Å². The molecule has 3 nitrogen and oxygen atoms in total. The third-order valence-electron chi connectivity index (χ3n) is 4.67. The van der Waals surface area contributed by atoms with Gasteiger partial charge in [-0.05, 0) is 44.8 Å². The zero-order valence-electron chi connectivity index (χ0n) is 11.8. The zero-order valence-corrected chi connectivity index (χ0v) is 11.8. The van der Waals surface area contributed by atoms with Crippen molar-refractivity contribution in [1.82, 2.24) is 15.1 Å². The first-order valence-electron chi connectivity index (χ1n) is 7.30. The van der Waals surface area contributed by atoms with Gasteiger partial charge in [-0.1, -0.05) is 13.8 Å². The average Bonchev–Trinajstić information content (AvgIpc) is 2.29. The van der Waals surface area contributed by atoms with Gasteiger partial charge in [0, 0.05) is 32.2 Å². The molecule has 0 spiro atoms. The number of piperidine rings is 1. The van der Waals surface area contributed by atoms with Crippen molar-refractivity contribution in [3.63, 3.8) is 0 Å². The molecule has 2 aliphatic heterocycles. The fraction of sp³-hybridized carbons (Fsp3) is 1.00. The standard InChI is InChI=1S/C14H29N3/c1-4-17-10-9-16(11-13(17)2)12-14(3)5-7-15-8-6-14/h13,15H,4-12H2,1-3H3. The molecular weight excluding hydrogens is 210 g/mol. The minimum absolute atomic E-state index is 0.555. The third kappa shape index (κ3) is 3.43. The highest BCUT2D eigenvalue weighted by Crippen LogP contribution is 2.29. The fourth-order valence-electron chi connectivity index (χ4n) is 3.41. The van der Waals surface area contributed by atoms with E-state index in [4.69, 9.17) is 0 Å². The van der Waals surface area contributed by atoms with E-state index in [-0.39, 0.29) is 0 Å². The Morgan fingerprint density at radius 1 is 1.24 bits per heavy atom. The lowest BCUT2D eigenvalue weighted by Crippen LogP contribution is -2.54. The van der Waals surface area contributed by atoms with Gasteiger partial charge in [0.2, 0.25) is 0 Å². The highest BCUT2D eigenvalue weighted by atomic mass is 15.3. The predicted molar refractivity (Wildman–Crippen MR) is 73.4 cm³/mol. The van der Waals surface area contributed by atoms with E-state index in [2.05, 4.69) is 35.9 Å². The molecule has 2 heterocycles. The molecule has 3 heteroatoms. The fourth-order valence-corrected chi connectivity index (χ4v) is 3.41. The van der Waals surface area contributed by atoms with Gasteiger partial charge in [0.25, 0.3) is 0 Å². The van der Waals surface area contributed by atoms with Crippen LogP contribution in [-0.2, 0) is 0 Å². The van der Waals surface area contributed by atoms with Gasteiger partial charge in [-0.25, -0.2) is 0 Å². The van der Waals surface area contributed by atoms with Crippen LogP contribution in [0.4, 0.5) is 0 Å². The number of hydrogen-bond donors (Lipinski definition) is 1. The van der Waals surface area contributed by atoms with Gasteiger partial charge in [0.05, 0.1) is 0 Å². The third-order valence-corrected chi connectivity index (χ3v) is 4.67. The Balaban J connectivity index is 1.83. The molecule has 0 aromatic rings. The molecule has 0 saturated carbocycles. The molecule has 0 aromatic heterocycles. The first-order valence-corrected chi connectivity index (χ1v) is 7.30. The molecule has 17 heavy (non-hydrogen) atoms. The van der Waals surface area contributed by atoms with E-state index >= 15 is 0 Å². The summed E-state index contributed by atoms with van der Waals surface area (Å²) >= 11 is 0. The maximum atomic E-state index is 3.48. The Hall–Kier alpha value is -0.120. The minimum Gasteiger partial charge on any atom is -0.317 e. The van der Waals surface area contributed by atoms with Crippen molar-refractivity contribution in [2.24, 2.45) is 5.41 Å². The minimum atomic E-state index is 0.555. The second-order valence-electron chi connectivity index (χ2n) is 6.27. The highest BCUT2D eigenvalue weighted by Gasteiger charge is 2.31. The predicted octanol–water partition coefficient (Wildman–Crippen LogP) is 1.40. The molecule has 1 atom stereocenters. The molecule has 2 fully saturated rings. The first kappa shape index (κ1) is 13.3. The van der Waals surface area contributed by atoms with Crippen molar-refractivity contribution in [2.45, 2.75) is 39.7 Å². The average molecular weight is 239 g/mol. The monoisotopic (exact) mass is 239 g/mol. The summed E-state index contributed by atoms with van der Waals surface area (Å²) in [6.45, 7) is 15.8. The Morgan fingerprint density at radius 3 is 2.53 bits per heavy atom. The van der Waals surface area contributed by atoms with E-state index < -0.39 is 0 Å². The lowest BCUT2D eigenvalue weighted by molar-refractivity contribution is 0.0482. The summed E-state index contributed by atoms with van der Waals surface area (Å²) in [5, 5.41) is 3.48. The van der Waals surface area contributed by atoms with Crippen LogP contribution < -0.4 is 5.32 Å². The van der Waals surface area contributed by atoms with Gasteiger partial charge in [0.1, 0.15) is 0 Å². The molecule has 2 saturated heterocycles. The van der Waals surface area contributed by atoms with Crippen LogP contribution in [0.5, 0.6) is 0 Å². The van der Waals surface area contributed by atoms with Crippen LogP contribution in [0.25, 0.3) is 0 Å². The van der Waals surface area contributed by atoms with Crippen LogP contribution in [0.1, 0.15) is 33.6 Å². The van der Waals surface area contributed by atoms with Crippen LogP contribution in [0.15, 0.2) is 0 Å². The number of rotatable bonds is 3. The van der Waals surface area contributed by atoms with E-state index in [1.54, 1.807) is 0 Å². The summed E-state index contributed by atoms with van der Waals surface area (Å²) in [7, 11) is 0. The van der Waals surface area contributed by atoms with Gasteiger partial charge < -0.3 is 5.32 Å². The molecule has 0 aromatic carbocycles. The van der Waals surface area contributed by atoms with E-state index in [1.807, 2.05) is 0 Å². The van der Waals surface area contributed by atoms with Crippen molar-refractivity contribution in [2.75, 3.05) is 45.8 Å². The molecule has 0 aliphatic carbocycles. The first-order chi connectivity index (χ1) is 8.13. The Labute approximate surface area is 107 Å². The van der Waals surface area contributed by atoms with Crippen molar-refractivity contribution < 1.29 is 0 Å². The van der Waals surface area contributed by atoms with Gasteiger partial charge in [-0.3, -0.25) is 9.80 Å². The maximum absolute atomic E-state index is 3.48. The second kappa shape index (κ2) is 5.68. The summed E-state index contributed by atoms with van der Waals surface area (Å²) < 4.78 is 0. The van der Waals surface area contributed by atoms with Gasteiger partial charge in [-0.2, -0.15) is 0 Å². The lowest BCUT2D eigenvalue weighted by atomic mass is 9.80. The van der Waals surface area contributed by atoms with Crippen LogP contribution in [0.2, 0.25) is 0 Å². The van der Waals surface area contributed by atoms with Crippen LogP contribution in [0.3, 0.4) is 0 Å². The number of hydrogen-bond acceptors (Lipinski definition) is 3. The van der Waals surface area contributed by atoms with Crippen LogP contribution >= 0.6 is 0 Å². The Morgan fingerprint density at radius 2 is 1.94 bits per heavy atom. The Bertz CT molecular complexity index is 236. The molecule has 0 radical (unpaired) electrons. The van der Waals surface area contributed by atoms with Crippen molar-refractivity contribution >= 4 is 0 Å². The lowest BCUT2D eigenvalue weighted by Gasteiger charge is -2.44. The van der Waals surface area contributed by atoms with E-state index in [0.717, 1.165) is 6.04 Å². The summed E-state index contributed by atoms with van der Waals surface area (Å²) in [6.07, 6.45) is 2.69. The molecule has 0 bridgehead atoms. The van der Waals surface area contributed by atoms with Gasteiger partial charge >= 0.3 is 0 Å². The van der Waals surface area contributed by atoms with Crippen LogP contribution in [0, 0.1) is 5.41 Å². The van der Waals surface area contributed by atoms with E-state index in [1.165, 1.54) is 58.7 Å². The molecule has 2 rings (SSSR count). The van der Waals surface area contributed by atoms with Crippen LogP contribution in [-0.4, -0.2) is 61.7 Å². The highest BCUT2D eigenvalue weighted by molar-refractivity contribution is 4.87. The largest absolute Gasteiger partial charge is 0.317 e. The molecule has 1 unspecified atom stereocenters. The van der Waals surface area contributed by atoms with Crippen molar-refractivity contribution in [3.8, 4) is 0 Å². The topological polar surface area (TPSA) is 18.5 Å². The molecule has 100 valence electrons. The molecule has 1 N–H and O–H groups in total. The maximum Gasteiger partial charge on any atom is 0.0195 e. The second-order valence-corrected chi connectivity index (χ2v) is 6.27. The zero-order chi connectivity index (χ0) is 12.3. The Kier molecular flexibility index (Phi) is 4.45. The molecule has 2 aliphatic rings. The summed E-state index contributed by atoms with van der Waals surface area (Å²) in [6, 6.07) is 0.735. The number of nitrogens with zero attached hydrogens (tertiary/aromatic N) is 2. The number of piperazine rings is 1. The summed E-state index contributed by atoms with van der Waals surface area (Å²) in [5.41, 5.74) is 0.555.